The van der Waals surface area contributed by atoms with Crippen molar-refractivity contribution in [1.29, 1.82) is 0 Å². The van der Waals surface area contributed by atoms with Gasteiger partial charge in [-0.15, -0.1) is 0 Å². The number of hydrogen-bond donors (Lipinski definition) is 2. The summed E-state index contributed by atoms with van der Waals surface area (Å²) >= 11 is 0. The standard InChI is InChI=1S/C12H14N2O2.H2O/c1-16-10-4-2-3-8-7-14-6-5-9(15)12(14)13-11(8)10;/h2-4,7,9,12,15H,5-6H2,1H3;1H2. The van der Waals surface area contributed by atoms with Crippen molar-refractivity contribution in [3.63, 3.8) is 0 Å². The third-order valence-electron chi connectivity index (χ3n) is 3.28. The molecular weight excluding hydrogens is 220 g/mol. The van der Waals surface area contributed by atoms with Crippen LogP contribution in [0.1, 0.15) is 12.0 Å². The van der Waals surface area contributed by atoms with Crippen LogP contribution in [-0.2, 0) is 0 Å². The van der Waals surface area contributed by atoms with Crippen LogP contribution >= 0.6 is 0 Å². The third-order valence-corrected chi connectivity index (χ3v) is 3.28. The number of nitrogens with one attached hydrogen (secondary N) is 1. The number of fused-ring (bicyclic) bond motifs is 2. The molecule has 5 nitrogen and oxygen atoms in total. The van der Waals surface area contributed by atoms with E-state index in [1.807, 2.05) is 18.2 Å². The second-order valence-electron chi connectivity index (χ2n) is 4.24. The van der Waals surface area contributed by atoms with E-state index in [0.717, 1.165) is 30.0 Å². The molecule has 1 fully saturated rings. The average Bonchev–Trinajstić information content (AvgIpc) is 2.67. The van der Waals surface area contributed by atoms with Gasteiger partial charge in [0.25, 0.3) is 6.17 Å². The molecule has 1 aromatic rings. The van der Waals surface area contributed by atoms with Crippen molar-refractivity contribution in [3.05, 3.63) is 23.8 Å². The fourth-order valence-electron chi connectivity index (χ4n) is 2.43. The van der Waals surface area contributed by atoms with Crippen LogP contribution in [0.15, 0.2) is 18.2 Å². The summed E-state index contributed by atoms with van der Waals surface area (Å²) in [4.78, 5) is 0. The molecule has 3 N–H and O–H groups in total. The van der Waals surface area contributed by atoms with Gasteiger partial charge in [0.05, 0.1) is 18.4 Å². The van der Waals surface area contributed by atoms with Gasteiger partial charge in [0.15, 0.2) is 6.21 Å². The Morgan fingerprint density at radius 3 is 3.06 bits per heavy atom. The molecule has 2 heterocycles. The Labute approximate surface area is 99.7 Å². The van der Waals surface area contributed by atoms with Gasteiger partial charge >= 0.3 is 0 Å². The van der Waals surface area contributed by atoms with Crippen LogP contribution in [0.3, 0.4) is 0 Å². The number of anilines is 1. The molecule has 1 aromatic carbocycles. The van der Waals surface area contributed by atoms with Gasteiger partial charge in [0.1, 0.15) is 18.4 Å². The maximum Gasteiger partial charge on any atom is 0.252 e. The van der Waals surface area contributed by atoms with Crippen molar-refractivity contribution >= 4 is 11.9 Å². The van der Waals surface area contributed by atoms with Gasteiger partial charge in [-0.2, -0.15) is 0 Å². The smallest absolute Gasteiger partial charge is 0.252 e. The lowest BCUT2D eigenvalue weighted by molar-refractivity contribution is -0.538. The summed E-state index contributed by atoms with van der Waals surface area (Å²) in [6.45, 7) is 0.898. The largest absolute Gasteiger partial charge is 0.870 e. The molecule has 2 aliphatic heterocycles. The predicted octanol–water partition coefficient (Wildman–Crippen LogP) is 0.466. The Kier molecular flexibility index (Phi) is 3.04. The first-order valence-electron chi connectivity index (χ1n) is 5.52. The van der Waals surface area contributed by atoms with Crippen LogP contribution in [-0.4, -0.2) is 47.3 Å². The molecule has 5 heteroatoms. The van der Waals surface area contributed by atoms with Crippen LogP contribution < -0.4 is 10.1 Å². The first-order chi connectivity index (χ1) is 7.79. The van der Waals surface area contributed by atoms with Gasteiger partial charge in [-0.05, 0) is 12.1 Å². The third kappa shape index (κ3) is 1.77. The topological polar surface area (TPSA) is 74.5 Å². The molecule has 2 aliphatic rings. The molecule has 0 bridgehead atoms. The second-order valence-corrected chi connectivity index (χ2v) is 4.24. The van der Waals surface area contributed by atoms with Gasteiger partial charge in [-0.1, -0.05) is 6.07 Å². The molecule has 0 spiro atoms. The molecule has 0 aliphatic carbocycles. The van der Waals surface area contributed by atoms with Crippen LogP contribution in [0.5, 0.6) is 5.75 Å². The van der Waals surface area contributed by atoms with Crippen molar-refractivity contribution in [3.8, 4) is 5.75 Å². The lowest BCUT2D eigenvalue weighted by Crippen LogP contribution is -2.39. The van der Waals surface area contributed by atoms with E-state index >= 15 is 0 Å². The molecule has 0 aromatic heterocycles. The number of aliphatic hydroxyl groups excluding tert-OH is 1. The summed E-state index contributed by atoms with van der Waals surface area (Å²) in [5.41, 5.74) is 2.09. The minimum Gasteiger partial charge on any atom is -0.870 e. The van der Waals surface area contributed by atoms with Gasteiger partial charge in [0, 0.05) is 6.42 Å². The van der Waals surface area contributed by atoms with Crippen LogP contribution in [0, 0.1) is 0 Å². The van der Waals surface area contributed by atoms with Crippen LogP contribution in [0.25, 0.3) is 0 Å². The Bertz CT molecular complexity index is 459. The molecule has 0 amide bonds. The summed E-state index contributed by atoms with van der Waals surface area (Å²) in [6.07, 6.45) is 2.58. The summed E-state index contributed by atoms with van der Waals surface area (Å²) in [6, 6.07) is 5.95. The van der Waals surface area contributed by atoms with Crippen LogP contribution in [0.4, 0.5) is 5.69 Å². The van der Waals surface area contributed by atoms with Crippen LogP contribution in [0.2, 0.25) is 0 Å². The lowest BCUT2D eigenvalue weighted by atomic mass is 10.1. The number of nitrogens with zero attached hydrogens (tertiary/aromatic N) is 1. The van der Waals surface area contributed by atoms with Gasteiger partial charge < -0.3 is 20.6 Å². The Hall–Kier alpha value is -1.59. The second kappa shape index (κ2) is 4.35. The predicted molar refractivity (Wildman–Crippen MR) is 63.3 cm³/mol. The molecule has 17 heavy (non-hydrogen) atoms. The Morgan fingerprint density at radius 1 is 1.47 bits per heavy atom. The first kappa shape index (κ1) is 11.9. The fraction of sp³-hybridized carbons (Fsp3) is 0.417. The highest BCUT2D eigenvalue weighted by molar-refractivity contribution is 5.88. The maximum atomic E-state index is 9.85. The average molecular weight is 236 g/mol. The zero-order chi connectivity index (χ0) is 11.1. The number of benzene rings is 1. The van der Waals surface area contributed by atoms with Crippen molar-refractivity contribution < 1.29 is 19.9 Å². The van der Waals surface area contributed by atoms with E-state index in [1.165, 1.54) is 0 Å². The van der Waals surface area contributed by atoms with E-state index in [0.29, 0.717) is 0 Å². The molecular formula is C12H16N2O3. The number of hydrogen-bond acceptors (Lipinski definition) is 4. The minimum atomic E-state index is -0.311. The number of para-hydroxylation sites is 1. The van der Waals surface area contributed by atoms with E-state index in [-0.39, 0.29) is 17.7 Å². The molecule has 0 radical (unpaired) electrons. The van der Waals surface area contributed by atoms with E-state index in [1.54, 1.807) is 7.11 Å². The van der Waals surface area contributed by atoms with Gasteiger partial charge in [0.2, 0.25) is 0 Å². The summed E-state index contributed by atoms with van der Waals surface area (Å²) < 4.78 is 7.46. The summed E-state index contributed by atoms with van der Waals surface area (Å²) in [5, 5.41) is 13.2. The number of aliphatic hydroxyl groups is 1. The molecule has 2 atom stereocenters. The van der Waals surface area contributed by atoms with E-state index in [4.69, 9.17) is 4.74 Å². The van der Waals surface area contributed by atoms with E-state index < -0.39 is 0 Å². The van der Waals surface area contributed by atoms with Gasteiger partial charge in [-0.3, -0.25) is 0 Å². The van der Waals surface area contributed by atoms with Crippen molar-refractivity contribution in [2.75, 3.05) is 19.0 Å². The number of ether oxygens (including phenoxy) is 1. The molecule has 1 saturated heterocycles. The highest BCUT2D eigenvalue weighted by Gasteiger charge is 2.40. The highest BCUT2D eigenvalue weighted by Crippen LogP contribution is 2.32. The van der Waals surface area contributed by atoms with Crippen molar-refractivity contribution in [2.24, 2.45) is 0 Å². The number of methoxy groups -OCH3 is 1. The SMILES string of the molecule is COc1cccc2c1NC1C(O)CC[N+]1=C2.[OH-]. The Morgan fingerprint density at radius 2 is 2.29 bits per heavy atom. The van der Waals surface area contributed by atoms with E-state index in [2.05, 4.69) is 16.1 Å². The minimum absolute atomic E-state index is 0. The van der Waals surface area contributed by atoms with Gasteiger partial charge in [-0.25, -0.2) is 4.58 Å². The molecule has 0 saturated carbocycles. The monoisotopic (exact) mass is 236 g/mol. The quantitative estimate of drug-likeness (QED) is 0.695. The molecule has 92 valence electrons. The zero-order valence-corrected chi connectivity index (χ0v) is 9.63. The maximum absolute atomic E-state index is 9.85. The lowest BCUT2D eigenvalue weighted by Gasteiger charge is -2.21. The molecule has 2 unspecified atom stereocenters. The summed E-state index contributed by atoms with van der Waals surface area (Å²) in [5.74, 6) is 0.826. The summed E-state index contributed by atoms with van der Waals surface area (Å²) in [7, 11) is 1.66. The highest BCUT2D eigenvalue weighted by atomic mass is 16.5. The van der Waals surface area contributed by atoms with Crippen molar-refractivity contribution in [2.45, 2.75) is 18.7 Å². The Balaban J connectivity index is 0.00000108. The van der Waals surface area contributed by atoms with Crippen molar-refractivity contribution in [1.82, 2.24) is 0 Å². The van der Waals surface area contributed by atoms with E-state index in [9.17, 15) is 5.11 Å². The number of rotatable bonds is 1. The zero-order valence-electron chi connectivity index (χ0n) is 9.63. The first-order valence-corrected chi connectivity index (χ1v) is 5.52. The molecule has 3 rings (SSSR count). The normalized spacial score (nSPS) is 24.9. The fourth-order valence-corrected chi connectivity index (χ4v) is 2.43.